The molecule has 0 bridgehead atoms. The lowest BCUT2D eigenvalue weighted by molar-refractivity contribution is 0.223. The molecule has 1 rings (SSSR count). The Kier molecular flexibility index (Phi) is 3.97. The number of aliphatic hydroxyl groups excluding tert-OH is 1. The molecule has 0 heterocycles. The maximum Gasteiger partial charge on any atom is 0.173 e. The first kappa shape index (κ1) is 12.1. The summed E-state index contributed by atoms with van der Waals surface area (Å²) in [6.45, 7) is 0. The summed E-state index contributed by atoms with van der Waals surface area (Å²) < 4.78 is 15.2. The number of hydrogen-bond acceptors (Lipinski definition) is 5. The minimum atomic E-state index is -1.30. The second-order valence-electron chi connectivity index (χ2n) is 2.98. The van der Waals surface area contributed by atoms with Crippen LogP contribution < -0.4 is 14.2 Å². The van der Waals surface area contributed by atoms with Gasteiger partial charge in [0.25, 0.3) is 0 Å². The predicted octanol–water partition coefficient (Wildman–Crippen LogP) is 1.27. The molecule has 0 amide bonds. The van der Waals surface area contributed by atoms with E-state index in [4.69, 9.17) is 19.5 Å². The number of ether oxygens (including phenoxy) is 3. The molecule has 1 aromatic rings. The van der Waals surface area contributed by atoms with E-state index in [1.807, 2.05) is 0 Å². The summed E-state index contributed by atoms with van der Waals surface area (Å²) in [5.74, 6) is 1.23. The van der Waals surface area contributed by atoms with Crippen LogP contribution in [0.3, 0.4) is 0 Å². The van der Waals surface area contributed by atoms with Gasteiger partial charge in [-0.2, -0.15) is 5.26 Å². The lowest BCUT2D eigenvalue weighted by Crippen LogP contribution is -2.02. The van der Waals surface area contributed by atoms with Gasteiger partial charge in [-0.3, -0.25) is 0 Å². The highest BCUT2D eigenvalue weighted by atomic mass is 16.5. The lowest BCUT2D eigenvalue weighted by Gasteiger charge is -2.15. The summed E-state index contributed by atoms with van der Waals surface area (Å²) in [6, 6.07) is 4.89. The third kappa shape index (κ3) is 2.18. The Bertz CT molecular complexity index is 386. The van der Waals surface area contributed by atoms with Crippen LogP contribution in [0.15, 0.2) is 12.1 Å². The van der Waals surface area contributed by atoms with Crippen molar-refractivity contribution in [2.45, 2.75) is 6.10 Å². The number of nitriles is 1. The monoisotopic (exact) mass is 223 g/mol. The zero-order valence-corrected chi connectivity index (χ0v) is 9.35. The molecule has 86 valence electrons. The number of rotatable bonds is 4. The highest BCUT2D eigenvalue weighted by Crippen LogP contribution is 2.37. The molecule has 5 heteroatoms. The fourth-order valence-corrected chi connectivity index (χ4v) is 1.37. The predicted molar refractivity (Wildman–Crippen MR) is 56.7 cm³/mol. The summed E-state index contributed by atoms with van der Waals surface area (Å²) in [5.41, 5.74) is 0.299. The second kappa shape index (κ2) is 5.24. The largest absolute Gasteiger partial charge is 0.496 e. The Morgan fingerprint density at radius 3 is 1.94 bits per heavy atom. The topological polar surface area (TPSA) is 71.7 Å². The van der Waals surface area contributed by atoms with Crippen LogP contribution in [0.2, 0.25) is 0 Å². The number of hydrogen-bond donors (Lipinski definition) is 1. The molecule has 0 aliphatic heterocycles. The van der Waals surface area contributed by atoms with E-state index < -0.39 is 6.10 Å². The Balaban J connectivity index is 3.38. The van der Waals surface area contributed by atoms with Crippen molar-refractivity contribution < 1.29 is 19.3 Å². The summed E-state index contributed by atoms with van der Waals surface area (Å²) >= 11 is 0. The molecule has 0 aromatic heterocycles. The number of aliphatic hydroxyl groups is 1. The van der Waals surface area contributed by atoms with E-state index in [-0.39, 0.29) is 0 Å². The van der Waals surface area contributed by atoms with Crippen LogP contribution >= 0.6 is 0 Å². The van der Waals surface area contributed by atoms with Gasteiger partial charge in [0.1, 0.15) is 17.2 Å². The first-order valence-corrected chi connectivity index (χ1v) is 4.55. The normalized spacial score (nSPS) is 11.4. The average Bonchev–Trinajstić information content (AvgIpc) is 2.35. The van der Waals surface area contributed by atoms with Crippen LogP contribution in [0.5, 0.6) is 17.2 Å². The van der Waals surface area contributed by atoms with E-state index in [0.717, 1.165) is 0 Å². The van der Waals surface area contributed by atoms with Crippen LogP contribution in [-0.4, -0.2) is 26.4 Å². The van der Waals surface area contributed by atoms with Gasteiger partial charge < -0.3 is 19.3 Å². The van der Waals surface area contributed by atoms with Gasteiger partial charge in [0.15, 0.2) is 6.10 Å². The smallest absolute Gasteiger partial charge is 0.173 e. The van der Waals surface area contributed by atoms with E-state index in [9.17, 15) is 5.11 Å². The van der Waals surface area contributed by atoms with Crippen molar-refractivity contribution in [3.63, 3.8) is 0 Å². The molecule has 0 saturated carbocycles. The quantitative estimate of drug-likeness (QED) is 0.778. The Morgan fingerprint density at radius 1 is 1.12 bits per heavy atom. The van der Waals surface area contributed by atoms with E-state index in [0.29, 0.717) is 22.8 Å². The minimum absolute atomic E-state index is 0.299. The van der Waals surface area contributed by atoms with Gasteiger partial charge in [-0.05, 0) is 0 Å². The SMILES string of the molecule is COc1cc(OC)c(C(O)C#N)c(OC)c1. The van der Waals surface area contributed by atoms with Gasteiger partial charge in [-0.1, -0.05) is 0 Å². The van der Waals surface area contributed by atoms with Crippen molar-refractivity contribution in [3.05, 3.63) is 17.7 Å². The standard InChI is InChI=1S/C11H13NO4/c1-14-7-4-9(15-2)11(8(13)6-12)10(5-7)16-3/h4-5,8,13H,1-3H3. The van der Waals surface area contributed by atoms with Crippen LogP contribution in [0.25, 0.3) is 0 Å². The first-order valence-electron chi connectivity index (χ1n) is 4.55. The van der Waals surface area contributed by atoms with Gasteiger partial charge in [-0.25, -0.2) is 0 Å². The molecule has 1 atom stereocenters. The van der Waals surface area contributed by atoms with E-state index >= 15 is 0 Å². The maximum atomic E-state index is 9.55. The van der Waals surface area contributed by atoms with E-state index in [1.165, 1.54) is 21.3 Å². The Labute approximate surface area is 93.8 Å². The van der Waals surface area contributed by atoms with Crippen LogP contribution in [-0.2, 0) is 0 Å². The average molecular weight is 223 g/mol. The number of benzene rings is 1. The van der Waals surface area contributed by atoms with Crippen molar-refractivity contribution >= 4 is 0 Å². The molecule has 5 nitrogen and oxygen atoms in total. The molecule has 0 aliphatic rings. The molecule has 16 heavy (non-hydrogen) atoms. The van der Waals surface area contributed by atoms with E-state index in [2.05, 4.69) is 0 Å². The molecule has 0 radical (unpaired) electrons. The molecule has 0 aliphatic carbocycles. The van der Waals surface area contributed by atoms with Crippen LogP contribution in [0, 0.1) is 11.3 Å². The highest BCUT2D eigenvalue weighted by Gasteiger charge is 2.20. The second-order valence-corrected chi connectivity index (χ2v) is 2.98. The molecule has 0 fully saturated rings. The summed E-state index contributed by atoms with van der Waals surface area (Å²) in [5, 5.41) is 18.3. The Morgan fingerprint density at radius 2 is 1.62 bits per heavy atom. The van der Waals surface area contributed by atoms with Crippen molar-refractivity contribution in [1.82, 2.24) is 0 Å². The summed E-state index contributed by atoms with van der Waals surface area (Å²) in [4.78, 5) is 0. The number of methoxy groups -OCH3 is 3. The van der Waals surface area contributed by atoms with Gasteiger partial charge >= 0.3 is 0 Å². The Hall–Kier alpha value is -1.93. The molecule has 0 saturated heterocycles. The van der Waals surface area contributed by atoms with Gasteiger partial charge in [0, 0.05) is 12.1 Å². The molecular weight excluding hydrogens is 210 g/mol. The lowest BCUT2D eigenvalue weighted by atomic mass is 10.1. The molecular formula is C11H13NO4. The van der Waals surface area contributed by atoms with Crippen LogP contribution in [0.4, 0.5) is 0 Å². The van der Waals surface area contributed by atoms with E-state index in [1.54, 1.807) is 18.2 Å². The third-order valence-electron chi connectivity index (χ3n) is 2.15. The zero-order chi connectivity index (χ0) is 12.1. The van der Waals surface area contributed by atoms with Crippen molar-refractivity contribution in [2.24, 2.45) is 0 Å². The third-order valence-corrected chi connectivity index (χ3v) is 2.15. The van der Waals surface area contributed by atoms with Crippen molar-refractivity contribution in [1.29, 1.82) is 5.26 Å². The molecule has 1 N–H and O–H groups in total. The fraction of sp³-hybridized carbons (Fsp3) is 0.364. The molecule has 0 spiro atoms. The van der Waals surface area contributed by atoms with Gasteiger partial charge in [0.05, 0.1) is 33.0 Å². The molecule has 1 unspecified atom stereocenters. The zero-order valence-electron chi connectivity index (χ0n) is 9.35. The minimum Gasteiger partial charge on any atom is -0.496 e. The van der Waals surface area contributed by atoms with Crippen molar-refractivity contribution in [3.8, 4) is 23.3 Å². The van der Waals surface area contributed by atoms with Gasteiger partial charge in [-0.15, -0.1) is 0 Å². The first-order chi connectivity index (χ1) is 7.67. The molecule has 1 aromatic carbocycles. The van der Waals surface area contributed by atoms with Crippen molar-refractivity contribution in [2.75, 3.05) is 21.3 Å². The number of nitrogens with zero attached hydrogens (tertiary/aromatic N) is 1. The summed E-state index contributed by atoms with van der Waals surface area (Å²) in [6.07, 6.45) is -1.30. The highest BCUT2D eigenvalue weighted by molar-refractivity contribution is 5.53. The van der Waals surface area contributed by atoms with Gasteiger partial charge in [0.2, 0.25) is 0 Å². The fourth-order valence-electron chi connectivity index (χ4n) is 1.37. The maximum absolute atomic E-state index is 9.55. The van der Waals surface area contributed by atoms with Crippen LogP contribution in [0.1, 0.15) is 11.7 Å². The summed E-state index contributed by atoms with van der Waals surface area (Å²) in [7, 11) is 4.40.